The van der Waals surface area contributed by atoms with Crippen LogP contribution in [-0.2, 0) is 0 Å². The molecule has 162 valence electrons. The number of aliphatic hydroxyl groups is 1. The van der Waals surface area contributed by atoms with Gasteiger partial charge >= 0.3 is 0 Å². The zero-order valence-corrected chi connectivity index (χ0v) is 17.8. The average Bonchev–Trinajstić information content (AvgIpc) is 3.41. The molecule has 0 aliphatic carbocycles. The van der Waals surface area contributed by atoms with Gasteiger partial charge in [0.2, 0.25) is 0 Å². The Hall–Kier alpha value is -4.30. The van der Waals surface area contributed by atoms with Crippen molar-refractivity contribution in [2.75, 3.05) is 11.9 Å². The van der Waals surface area contributed by atoms with Crippen molar-refractivity contribution in [3.8, 4) is 11.4 Å². The van der Waals surface area contributed by atoms with E-state index in [2.05, 4.69) is 9.97 Å². The summed E-state index contributed by atoms with van der Waals surface area (Å²) in [5.41, 5.74) is 5.18. The van der Waals surface area contributed by atoms with Crippen LogP contribution in [0.1, 0.15) is 48.4 Å². The number of nitrogens with zero attached hydrogens (tertiary/aromatic N) is 3. The van der Waals surface area contributed by atoms with E-state index in [-0.39, 0.29) is 16.7 Å². The molecular formula is C25H18N4O4. The minimum Gasteiger partial charge on any atom is -0.369 e. The molecule has 0 saturated heterocycles. The predicted octanol–water partition coefficient (Wildman–Crippen LogP) is 3.42. The van der Waals surface area contributed by atoms with E-state index in [9.17, 15) is 19.5 Å². The molecule has 0 saturated carbocycles. The lowest BCUT2D eigenvalue weighted by atomic mass is 10.0. The first-order valence-electron chi connectivity index (χ1n) is 10.4. The molecule has 2 aliphatic rings. The van der Waals surface area contributed by atoms with Crippen LogP contribution in [0.2, 0.25) is 0 Å². The molecule has 0 radical (unpaired) electrons. The van der Waals surface area contributed by atoms with Crippen LogP contribution in [0.25, 0.3) is 22.4 Å². The standard InChI is InChI=1S/C25H18N4O4/c1-12-3-8-19-20(9-12)27-21(26-19)13-4-6-14(7-5-13)29-24(32)17-10-15-16(11-18(17)25(29)33)23(31)28(2)22(15)30/h3-11,24,32H,1-2H3,(H,26,27)/t24-/m1/s1. The van der Waals surface area contributed by atoms with Gasteiger partial charge in [-0.3, -0.25) is 24.2 Å². The quantitative estimate of drug-likeness (QED) is 0.467. The van der Waals surface area contributed by atoms with Crippen LogP contribution in [0.5, 0.6) is 0 Å². The number of fused-ring (bicyclic) bond motifs is 3. The number of aromatic amines is 1. The number of amides is 3. The van der Waals surface area contributed by atoms with Crippen LogP contribution in [-0.4, -0.2) is 44.7 Å². The third-order valence-corrected chi connectivity index (χ3v) is 6.29. The molecule has 2 aliphatic heterocycles. The van der Waals surface area contributed by atoms with Gasteiger partial charge in [0.25, 0.3) is 17.7 Å². The largest absolute Gasteiger partial charge is 0.369 e. The van der Waals surface area contributed by atoms with Crippen LogP contribution < -0.4 is 4.90 Å². The number of nitrogens with one attached hydrogen (secondary N) is 1. The highest BCUT2D eigenvalue weighted by Gasteiger charge is 2.41. The molecule has 3 heterocycles. The Bertz CT molecular complexity index is 1520. The monoisotopic (exact) mass is 438 g/mol. The zero-order valence-electron chi connectivity index (χ0n) is 17.8. The fourth-order valence-corrected chi connectivity index (χ4v) is 4.50. The number of benzene rings is 3. The van der Waals surface area contributed by atoms with Gasteiger partial charge in [0.15, 0.2) is 6.23 Å². The molecule has 1 aromatic heterocycles. The van der Waals surface area contributed by atoms with Crippen molar-refractivity contribution in [1.29, 1.82) is 0 Å². The molecule has 1 atom stereocenters. The lowest BCUT2D eigenvalue weighted by Crippen LogP contribution is -2.27. The summed E-state index contributed by atoms with van der Waals surface area (Å²) < 4.78 is 0. The number of aromatic nitrogens is 2. The Labute approximate surface area is 188 Å². The van der Waals surface area contributed by atoms with Crippen LogP contribution in [0, 0.1) is 6.92 Å². The maximum Gasteiger partial charge on any atom is 0.261 e. The molecule has 0 bridgehead atoms. The summed E-state index contributed by atoms with van der Waals surface area (Å²) >= 11 is 0. The summed E-state index contributed by atoms with van der Waals surface area (Å²) in [4.78, 5) is 47.9. The molecule has 3 amide bonds. The first kappa shape index (κ1) is 19.4. The summed E-state index contributed by atoms with van der Waals surface area (Å²) in [5.74, 6) is -0.622. The molecule has 0 spiro atoms. The number of hydrogen-bond donors (Lipinski definition) is 2. The summed E-state index contributed by atoms with van der Waals surface area (Å²) in [6.45, 7) is 2.02. The van der Waals surface area contributed by atoms with Crippen molar-refractivity contribution in [1.82, 2.24) is 14.9 Å². The number of rotatable bonds is 2. The summed E-state index contributed by atoms with van der Waals surface area (Å²) in [7, 11) is 1.39. The number of H-pyrrole nitrogens is 1. The third-order valence-electron chi connectivity index (χ3n) is 6.29. The minimum atomic E-state index is -1.26. The summed E-state index contributed by atoms with van der Waals surface area (Å²) in [6.07, 6.45) is -1.26. The number of carbonyl (C=O) groups excluding carboxylic acids is 3. The molecule has 0 fully saturated rings. The maximum atomic E-state index is 13.1. The number of aryl methyl sites for hydroxylation is 1. The van der Waals surface area contributed by atoms with Crippen LogP contribution in [0.15, 0.2) is 54.6 Å². The van der Waals surface area contributed by atoms with Gasteiger partial charge in [-0.25, -0.2) is 4.98 Å². The van der Waals surface area contributed by atoms with Crippen LogP contribution in [0.3, 0.4) is 0 Å². The molecule has 4 aromatic rings. The van der Waals surface area contributed by atoms with Gasteiger partial charge in [-0.2, -0.15) is 0 Å². The normalized spacial score (nSPS) is 17.3. The van der Waals surface area contributed by atoms with Crippen molar-refractivity contribution >= 4 is 34.4 Å². The number of imidazole rings is 1. The molecule has 8 nitrogen and oxygen atoms in total. The van der Waals surface area contributed by atoms with Gasteiger partial charge in [0, 0.05) is 29.4 Å². The molecule has 33 heavy (non-hydrogen) atoms. The lowest BCUT2D eigenvalue weighted by molar-refractivity contribution is 0.0693. The Balaban J connectivity index is 1.35. The van der Waals surface area contributed by atoms with Gasteiger partial charge in [0.05, 0.1) is 22.2 Å². The van der Waals surface area contributed by atoms with E-state index in [4.69, 9.17) is 0 Å². The van der Waals surface area contributed by atoms with Crippen LogP contribution >= 0.6 is 0 Å². The Morgan fingerprint density at radius 1 is 0.879 bits per heavy atom. The minimum absolute atomic E-state index is 0.180. The first-order valence-corrected chi connectivity index (χ1v) is 10.4. The first-order chi connectivity index (χ1) is 15.8. The fraction of sp³-hybridized carbons (Fsp3) is 0.120. The van der Waals surface area contributed by atoms with E-state index < -0.39 is 23.9 Å². The number of aliphatic hydroxyl groups excluding tert-OH is 1. The zero-order chi connectivity index (χ0) is 23.0. The highest BCUT2D eigenvalue weighted by molar-refractivity contribution is 6.23. The van der Waals surface area contributed by atoms with Gasteiger partial charge in [-0.05, 0) is 61.0 Å². The average molecular weight is 438 g/mol. The van der Waals surface area contributed by atoms with Crippen molar-refractivity contribution in [3.63, 3.8) is 0 Å². The van der Waals surface area contributed by atoms with Crippen LogP contribution in [0.4, 0.5) is 5.69 Å². The van der Waals surface area contributed by atoms with E-state index in [1.54, 1.807) is 12.1 Å². The summed E-state index contributed by atoms with van der Waals surface area (Å²) in [5, 5.41) is 10.9. The second-order valence-electron chi connectivity index (χ2n) is 8.36. The molecule has 8 heteroatoms. The molecule has 3 aromatic carbocycles. The Morgan fingerprint density at radius 2 is 1.58 bits per heavy atom. The Kier molecular flexibility index (Phi) is 3.88. The number of hydrogen-bond acceptors (Lipinski definition) is 5. The van der Waals surface area contributed by atoms with E-state index in [0.29, 0.717) is 17.1 Å². The molecular weight excluding hydrogens is 420 g/mol. The van der Waals surface area contributed by atoms with E-state index in [1.165, 1.54) is 24.1 Å². The van der Waals surface area contributed by atoms with E-state index in [0.717, 1.165) is 27.1 Å². The van der Waals surface area contributed by atoms with Gasteiger partial charge < -0.3 is 10.1 Å². The molecule has 2 N–H and O–H groups in total. The van der Waals surface area contributed by atoms with E-state index in [1.807, 2.05) is 37.3 Å². The van der Waals surface area contributed by atoms with E-state index >= 15 is 0 Å². The number of imide groups is 1. The molecule has 0 unspecified atom stereocenters. The smallest absolute Gasteiger partial charge is 0.261 e. The maximum absolute atomic E-state index is 13.1. The predicted molar refractivity (Wildman–Crippen MR) is 121 cm³/mol. The van der Waals surface area contributed by atoms with Gasteiger partial charge in [-0.1, -0.05) is 6.07 Å². The highest BCUT2D eigenvalue weighted by Crippen LogP contribution is 2.39. The fourth-order valence-electron chi connectivity index (χ4n) is 4.50. The van der Waals surface area contributed by atoms with Gasteiger partial charge in [-0.15, -0.1) is 0 Å². The Morgan fingerprint density at radius 3 is 2.30 bits per heavy atom. The van der Waals surface area contributed by atoms with Crippen molar-refractivity contribution in [2.24, 2.45) is 0 Å². The van der Waals surface area contributed by atoms with Gasteiger partial charge in [0.1, 0.15) is 5.82 Å². The third kappa shape index (κ3) is 2.68. The van der Waals surface area contributed by atoms with Crippen molar-refractivity contribution < 1.29 is 19.5 Å². The second-order valence-corrected chi connectivity index (χ2v) is 8.36. The van der Waals surface area contributed by atoms with Crippen molar-refractivity contribution in [2.45, 2.75) is 13.2 Å². The summed E-state index contributed by atoms with van der Waals surface area (Å²) in [6, 6.07) is 16.0. The van der Waals surface area contributed by atoms with Crippen molar-refractivity contribution in [3.05, 3.63) is 82.4 Å². The molecule has 6 rings (SSSR count). The second kappa shape index (κ2) is 6.60. The lowest BCUT2D eigenvalue weighted by Gasteiger charge is -2.21. The number of carbonyl (C=O) groups is 3. The number of anilines is 1. The highest BCUT2D eigenvalue weighted by atomic mass is 16.3. The topological polar surface area (TPSA) is 107 Å². The SMILES string of the molecule is Cc1ccc2nc(-c3ccc(N4C(=O)c5cc6c(cc5[C@H]4O)C(=O)N(C)C6=O)cc3)[nH]c2c1.